The highest BCUT2D eigenvalue weighted by atomic mass is 16.7. The van der Waals surface area contributed by atoms with Crippen molar-refractivity contribution < 1.29 is 43.7 Å². The molecule has 3 amide bonds. The highest BCUT2D eigenvalue weighted by Gasteiger charge is 2.31. The van der Waals surface area contributed by atoms with Gasteiger partial charge < -0.3 is 45.3 Å². The second-order valence-electron chi connectivity index (χ2n) is 8.89. The van der Waals surface area contributed by atoms with Crippen LogP contribution in [0.4, 0.5) is 17.2 Å². The molecular formula is C24H28N8O9. The van der Waals surface area contributed by atoms with Gasteiger partial charge in [-0.15, -0.1) is 10.2 Å². The average Bonchev–Trinajstić information content (AvgIpc) is 3.67. The number of methoxy groups -OCH3 is 2. The van der Waals surface area contributed by atoms with Gasteiger partial charge in [0.05, 0.1) is 37.1 Å². The molecule has 1 fully saturated rings. The topological polar surface area (TPSA) is 243 Å². The largest absolute Gasteiger partial charge is 0.494 e. The van der Waals surface area contributed by atoms with E-state index in [2.05, 4.69) is 36.3 Å². The number of carbonyl (C=O) groups is 3. The van der Waals surface area contributed by atoms with E-state index in [1.807, 2.05) is 0 Å². The highest BCUT2D eigenvalue weighted by Crippen LogP contribution is 2.38. The Morgan fingerprint density at radius 1 is 1.12 bits per heavy atom. The van der Waals surface area contributed by atoms with Gasteiger partial charge in [-0.2, -0.15) is 4.98 Å². The number of amides is 3. The number of ether oxygens (including phenoxy) is 2. The van der Waals surface area contributed by atoms with Gasteiger partial charge >= 0.3 is 6.10 Å². The third-order valence-electron chi connectivity index (χ3n) is 5.62. The van der Waals surface area contributed by atoms with Crippen molar-refractivity contribution >= 4 is 34.9 Å². The minimum Gasteiger partial charge on any atom is -0.494 e. The van der Waals surface area contributed by atoms with E-state index in [1.54, 1.807) is 23.5 Å². The van der Waals surface area contributed by atoms with Crippen molar-refractivity contribution in [1.29, 1.82) is 0 Å². The van der Waals surface area contributed by atoms with E-state index in [0.717, 1.165) is 12.8 Å². The summed E-state index contributed by atoms with van der Waals surface area (Å²) in [4.78, 5) is 41.2. The SMILES string of the molecule is COCCNC(=O)Cc1noc(-c2cccc(Nc3cc(NC(=O)C4CC4)nnc3C(=O)NC(O)(O)O)c2OC)n1. The maximum absolute atomic E-state index is 12.6. The Morgan fingerprint density at radius 3 is 2.59 bits per heavy atom. The Balaban J connectivity index is 1.62. The van der Waals surface area contributed by atoms with Crippen LogP contribution in [0.2, 0.25) is 0 Å². The zero-order chi connectivity index (χ0) is 29.6. The molecule has 2 aromatic heterocycles. The lowest BCUT2D eigenvalue weighted by molar-refractivity contribution is -0.323. The number of nitrogens with zero attached hydrogens (tertiary/aromatic N) is 4. The summed E-state index contributed by atoms with van der Waals surface area (Å²) >= 11 is 0. The summed E-state index contributed by atoms with van der Waals surface area (Å²) in [5, 5.41) is 48.8. The fourth-order valence-electron chi connectivity index (χ4n) is 3.60. The van der Waals surface area contributed by atoms with E-state index in [-0.39, 0.29) is 58.8 Å². The predicted octanol–water partition coefficient (Wildman–Crippen LogP) is -0.750. The molecule has 0 unspecified atom stereocenters. The summed E-state index contributed by atoms with van der Waals surface area (Å²) in [7, 11) is 2.90. The maximum Gasteiger partial charge on any atom is 0.369 e. The number of anilines is 3. The minimum absolute atomic E-state index is 0.0182. The van der Waals surface area contributed by atoms with Crippen LogP contribution in [0.25, 0.3) is 11.5 Å². The van der Waals surface area contributed by atoms with E-state index in [4.69, 9.17) is 14.0 Å². The summed E-state index contributed by atoms with van der Waals surface area (Å²) < 4.78 is 15.8. The number of carbonyl (C=O) groups excluding carboxylic acids is 3. The quantitative estimate of drug-likeness (QED) is 0.0984. The number of rotatable bonds is 13. The van der Waals surface area contributed by atoms with Gasteiger partial charge in [0.15, 0.2) is 23.1 Å². The molecule has 218 valence electrons. The predicted molar refractivity (Wildman–Crippen MR) is 138 cm³/mol. The number of aliphatic hydroxyl groups is 3. The molecule has 3 aromatic rings. The molecule has 17 heteroatoms. The van der Waals surface area contributed by atoms with E-state index < -0.39 is 17.7 Å². The van der Waals surface area contributed by atoms with Gasteiger partial charge in [-0.3, -0.25) is 19.7 Å². The lowest BCUT2D eigenvalue weighted by Gasteiger charge is -2.18. The number of para-hydroxylation sites is 1. The number of benzene rings is 1. The summed E-state index contributed by atoms with van der Waals surface area (Å²) in [5.74, 6) is -1.54. The van der Waals surface area contributed by atoms with Crippen LogP contribution in [0.3, 0.4) is 0 Å². The summed E-state index contributed by atoms with van der Waals surface area (Å²) in [6, 6.07) is 6.13. The Labute approximate surface area is 232 Å². The molecule has 0 atom stereocenters. The molecule has 1 aliphatic carbocycles. The summed E-state index contributed by atoms with van der Waals surface area (Å²) in [6.45, 7) is 0.680. The van der Waals surface area contributed by atoms with Crippen molar-refractivity contribution in [2.45, 2.75) is 25.4 Å². The standard InChI is InChI=1S/C24H28N8O9/c1-39-9-8-25-18(33)11-17-28-23(41-32-17)13-4-3-5-14(20(13)40-2)26-15-10-16(27-21(34)12-6-7-12)30-31-19(15)22(35)29-24(36,37)38/h3-5,10,12,36-38H,6-9,11H2,1-2H3,(H,25,33)(H,29,35)(H2,26,27,30,34). The average molecular weight is 573 g/mol. The third-order valence-corrected chi connectivity index (χ3v) is 5.62. The molecule has 1 aliphatic rings. The minimum atomic E-state index is -3.52. The Hall–Kier alpha value is -4.71. The van der Waals surface area contributed by atoms with Crippen molar-refractivity contribution in [1.82, 2.24) is 31.0 Å². The van der Waals surface area contributed by atoms with Gasteiger partial charge in [-0.05, 0) is 25.0 Å². The fraction of sp³-hybridized carbons (Fsp3) is 0.375. The second-order valence-corrected chi connectivity index (χ2v) is 8.89. The van der Waals surface area contributed by atoms with Gasteiger partial charge in [0.25, 0.3) is 11.8 Å². The van der Waals surface area contributed by atoms with Gasteiger partial charge in [0.1, 0.15) is 0 Å². The van der Waals surface area contributed by atoms with E-state index in [9.17, 15) is 29.7 Å². The van der Waals surface area contributed by atoms with Crippen LogP contribution in [-0.4, -0.2) is 86.8 Å². The Morgan fingerprint density at radius 2 is 1.90 bits per heavy atom. The van der Waals surface area contributed by atoms with Crippen molar-refractivity contribution in [3.8, 4) is 17.2 Å². The van der Waals surface area contributed by atoms with E-state index >= 15 is 0 Å². The first-order valence-electron chi connectivity index (χ1n) is 12.3. The molecule has 1 saturated carbocycles. The molecule has 0 spiro atoms. The molecule has 41 heavy (non-hydrogen) atoms. The number of aromatic nitrogens is 4. The molecule has 7 N–H and O–H groups in total. The van der Waals surface area contributed by atoms with E-state index in [0.29, 0.717) is 18.7 Å². The third kappa shape index (κ3) is 7.92. The fourth-order valence-corrected chi connectivity index (χ4v) is 3.60. The number of hydrogen-bond donors (Lipinski definition) is 7. The number of nitrogens with one attached hydrogen (secondary N) is 4. The van der Waals surface area contributed by atoms with Gasteiger partial charge in [0, 0.05) is 25.6 Å². The second kappa shape index (κ2) is 12.6. The van der Waals surface area contributed by atoms with Crippen LogP contribution in [-0.2, 0) is 20.7 Å². The smallest absolute Gasteiger partial charge is 0.369 e. The van der Waals surface area contributed by atoms with Crippen molar-refractivity contribution in [3.05, 3.63) is 35.8 Å². The Kier molecular flexibility index (Phi) is 9.03. The lowest BCUT2D eigenvalue weighted by Crippen LogP contribution is -2.48. The highest BCUT2D eigenvalue weighted by molar-refractivity contribution is 6.00. The van der Waals surface area contributed by atoms with Crippen LogP contribution < -0.4 is 26.0 Å². The molecular weight excluding hydrogens is 544 g/mol. The summed E-state index contributed by atoms with van der Waals surface area (Å²) in [6.07, 6.45) is -2.17. The maximum atomic E-state index is 12.6. The first-order valence-corrected chi connectivity index (χ1v) is 12.3. The summed E-state index contributed by atoms with van der Waals surface area (Å²) in [5.41, 5.74) is 0.114. The molecule has 0 aliphatic heterocycles. The molecule has 4 rings (SSSR count). The zero-order valence-electron chi connectivity index (χ0n) is 22.0. The van der Waals surface area contributed by atoms with E-state index in [1.165, 1.54) is 20.3 Å². The van der Waals surface area contributed by atoms with Crippen LogP contribution >= 0.6 is 0 Å². The molecule has 1 aromatic carbocycles. The molecule has 17 nitrogen and oxygen atoms in total. The number of hydrogen-bond acceptors (Lipinski definition) is 14. The normalized spacial score (nSPS) is 12.9. The van der Waals surface area contributed by atoms with Crippen molar-refractivity contribution in [2.75, 3.05) is 38.0 Å². The molecule has 2 heterocycles. The van der Waals surface area contributed by atoms with Gasteiger partial charge in [-0.25, -0.2) is 0 Å². The van der Waals surface area contributed by atoms with Crippen LogP contribution in [0, 0.1) is 5.92 Å². The van der Waals surface area contributed by atoms with Crippen LogP contribution in [0.15, 0.2) is 28.8 Å². The lowest BCUT2D eigenvalue weighted by atomic mass is 10.1. The monoisotopic (exact) mass is 572 g/mol. The van der Waals surface area contributed by atoms with Crippen molar-refractivity contribution in [3.63, 3.8) is 0 Å². The van der Waals surface area contributed by atoms with Crippen molar-refractivity contribution in [2.24, 2.45) is 5.92 Å². The zero-order valence-corrected chi connectivity index (χ0v) is 22.0. The van der Waals surface area contributed by atoms with Crippen LogP contribution in [0.5, 0.6) is 5.75 Å². The first kappa shape index (κ1) is 29.3. The molecule has 0 bridgehead atoms. The van der Waals surface area contributed by atoms with Crippen LogP contribution in [0.1, 0.15) is 29.2 Å². The first-order chi connectivity index (χ1) is 19.6. The van der Waals surface area contributed by atoms with Gasteiger partial charge in [0.2, 0.25) is 11.8 Å². The molecule has 0 radical (unpaired) electrons. The Bertz CT molecular complexity index is 1420. The van der Waals surface area contributed by atoms with Gasteiger partial charge in [-0.1, -0.05) is 11.2 Å². The molecule has 0 saturated heterocycles.